The van der Waals surface area contributed by atoms with Crippen molar-refractivity contribution in [2.45, 2.75) is 56.2 Å². The van der Waals surface area contributed by atoms with E-state index in [4.69, 9.17) is 30.5 Å². The molecule has 30 heavy (non-hydrogen) atoms. The molecule has 0 spiro atoms. The second-order valence-corrected chi connectivity index (χ2v) is 8.83. The van der Waals surface area contributed by atoms with Gasteiger partial charge in [0.25, 0.3) is 0 Å². The highest BCUT2D eigenvalue weighted by molar-refractivity contribution is 6.33. The molecule has 2 aliphatic heterocycles. The van der Waals surface area contributed by atoms with E-state index in [0.29, 0.717) is 29.5 Å². The Bertz CT molecular complexity index is 1110. The second kappa shape index (κ2) is 6.45. The van der Waals surface area contributed by atoms with Crippen LogP contribution in [0.25, 0.3) is 11.2 Å². The predicted molar refractivity (Wildman–Crippen MR) is 107 cm³/mol. The van der Waals surface area contributed by atoms with Gasteiger partial charge in [-0.1, -0.05) is 41.9 Å². The van der Waals surface area contributed by atoms with Gasteiger partial charge in [-0.25, -0.2) is 15.0 Å². The summed E-state index contributed by atoms with van der Waals surface area (Å²) in [6, 6.07) is 9.94. The van der Waals surface area contributed by atoms with Crippen LogP contribution in [0.4, 0.5) is 0 Å². The summed E-state index contributed by atoms with van der Waals surface area (Å²) in [7, 11) is 0. The molecule has 1 aliphatic carbocycles. The van der Waals surface area contributed by atoms with Crippen LogP contribution in [-0.2, 0) is 25.6 Å². The van der Waals surface area contributed by atoms with Crippen LogP contribution in [0.1, 0.15) is 25.5 Å². The first-order valence-corrected chi connectivity index (χ1v) is 10.3. The number of nitrogens with zero attached hydrogens (tertiary/aromatic N) is 4. The summed E-state index contributed by atoms with van der Waals surface area (Å²) in [5.74, 6) is -0.708. The third-order valence-corrected chi connectivity index (χ3v) is 6.38. The van der Waals surface area contributed by atoms with Gasteiger partial charge in [0.1, 0.15) is 35.8 Å². The molecule has 9 heteroatoms. The van der Waals surface area contributed by atoms with Crippen molar-refractivity contribution in [2.75, 3.05) is 6.61 Å². The summed E-state index contributed by atoms with van der Waals surface area (Å²) in [4.78, 5) is 12.8. The van der Waals surface area contributed by atoms with Crippen molar-refractivity contribution in [3.63, 3.8) is 0 Å². The van der Waals surface area contributed by atoms with E-state index < -0.39 is 11.4 Å². The van der Waals surface area contributed by atoms with Gasteiger partial charge in [0, 0.05) is 0 Å². The molecule has 1 aromatic carbocycles. The van der Waals surface area contributed by atoms with E-state index in [0.717, 1.165) is 5.56 Å². The summed E-state index contributed by atoms with van der Waals surface area (Å²) < 4.78 is 26.9. The van der Waals surface area contributed by atoms with Crippen LogP contribution in [0.15, 0.2) is 43.0 Å². The molecule has 6 rings (SSSR count). The minimum absolute atomic E-state index is 0.120. The lowest BCUT2D eigenvalue weighted by Gasteiger charge is -2.23. The van der Waals surface area contributed by atoms with Gasteiger partial charge in [-0.05, 0) is 19.4 Å². The van der Waals surface area contributed by atoms with Crippen molar-refractivity contribution >= 4 is 22.8 Å². The van der Waals surface area contributed by atoms with Gasteiger partial charge in [-0.3, -0.25) is 0 Å². The maximum Gasteiger partial charge on any atom is 0.165 e. The van der Waals surface area contributed by atoms with E-state index in [-0.39, 0.29) is 24.4 Å². The monoisotopic (exact) mass is 428 g/mol. The molecule has 5 atom stereocenters. The molecule has 0 amide bonds. The number of hydrogen-bond donors (Lipinski definition) is 0. The topological polar surface area (TPSA) is 83.8 Å². The van der Waals surface area contributed by atoms with E-state index in [9.17, 15) is 0 Å². The van der Waals surface area contributed by atoms with Crippen molar-refractivity contribution in [1.29, 1.82) is 0 Å². The molecule has 2 saturated heterocycles. The lowest BCUT2D eigenvalue weighted by Crippen LogP contribution is -2.38. The first kappa shape index (κ1) is 18.7. The quantitative estimate of drug-likeness (QED) is 0.456. The van der Waals surface area contributed by atoms with Gasteiger partial charge >= 0.3 is 0 Å². The number of hydrogen-bond acceptors (Lipinski definition) is 7. The average Bonchev–Trinajstić information content (AvgIpc) is 2.99. The number of epoxide rings is 1. The van der Waals surface area contributed by atoms with E-state index in [1.807, 2.05) is 48.7 Å². The molecule has 156 valence electrons. The number of aromatic nitrogens is 4. The lowest BCUT2D eigenvalue weighted by atomic mass is 10.1. The SMILES string of the molecule is CC1(C)O[C@H]2[C@H](n3cnc4c(Cl)ncnc43)[C@H]3O[C@@]3(COCc3ccccc3)[C@H]2O1. The Labute approximate surface area is 178 Å². The van der Waals surface area contributed by atoms with Gasteiger partial charge in [0.15, 0.2) is 16.6 Å². The van der Waals surface area contributed by atoms with Crippen LogP contribution < -0.4 is 0 Å². The van der Waals surface area contributed by atoms with E-state index >= 15 is 0 Å². The fraction of sp³-hybridized carbons (Fsp3) is 0.476. The predicted octanol–water partition coefficient (Wildman–Crippen LogP) is 2.91. The number of rotatable bonds is 5. The molecule has 3 aliphatic rings. The smallest absolute Gasteiger partial charge is 0.165 e. The summed E-state index contributed by atoms with van der Waals surface area (Å²) in [5, 5.41) is 0.325. The standard InChI is InChI=1S/C21H21ClN4O4/c1-20(2)28-15-14(26-11-25-13-18(22)23-10-24-19(13)26)16-21(30-16,17(15)29-20)9-27-8-12-6-4-3-5-7-12/h3-7,10-11,14-17H,8-9H2,1-2H3/t14-,15-,16+,17-,21+/m0/s1. The van der Waals surface area contributed by atoms with Gasteiger partial charge in [-0.15, -0.1) is 0 Å². The van der Waals surface area contributed by atoms with Crippen LogP contribution in [0.2, 0.25) is 5.15 Å². The first-order valence-electron chi connectivity index (χ1n) is 9.97. The minimum Gasteiger partial charge on any atom is -0.374 e. The van der Waals surface area contributed by atoms with Gasteiger partial charge < -0.3 is 23.5 Å². The van der Waals surface area contributed by atoms with Gasteiger partial charge in [0.2, 0.25) is 0 Å². The highest BCUT2D eigenvalue weighted by atomic mass is 35.5. The van der Waals surface area contributed by atoms with Crippen molar-refractivity contribution in [1.82, 2.24) is 19.5 Å². The third-order valence-electron chi connectivity index (χ3n) is 6.10. The molecule has 3 aromatic rings. The summed E-state index contributed by atoms with van der Waals surface area (Å²) in [6.07, 6.45) is 2.60. The van der Waals surface area contributed by atoms with Gasteiger partial charge in [-0.2, -0.15) is 0 Å². The largest absolute Gasteiger partial charge is 0.374 e. The molecular weight excluding hydrogens is 408 g/mol. The first-order chi connectivity index (χ1) is 14.5. The number of imidazole rings is 1. The van der Waals surface area contributed by atoms with Crippen molar-refractivity contribution in [3.05, 3.63) is 53.7 Å². The normalized spacial score (nSPS) is 33.6. The zero-order valence-corrected chi connectivity index (χ0v) is 17.3. The molecule has 0 bridgehead atoms. The summed E-state index contributed by atoms with van der Waals surface area (Å²) in [5.41, 5.74) is 1.79. The Kier molecular flexibility index (Phi) is 4.01. The molecule has 2 aromatic heterocycles. The van der Waals surface area contributed by atoms with Crippen LogP contribution in [0.5, 0.6) is 0 Å². The third kappa shape index (κ3) is 2.72. The number of ether oxygens (including phenoxy) is 4. The molecule has 8 nitrogen and oxygen atoms in total. The highest BCUT2D eigenvalue weighted by Crippen LogP contribution is 2.61. The van der Waals surface area contributed by atoms with Crippen molar-refractivity contribution < 1.29 is 18.9 Å². The Balaban J connectivity index is 1.31. The molecule has 1 saturated carbocycles. The van der Waals surface area contributed by atoms with Crippen molar-refractivity contribution in [3.8, 4) is 0 Å². The molecule has 0 N–H and O–H groups in total. The van der Waals surface area contributed by atoms with Crippen LogP contribution in [-0.4, -0.2) is 55.8 Å². The minimum atomic E-state index is -0.708. The summed E-state index contributed by atoms with van der Waals surface area (Å²) >= 11 is 6.20. The van der Waals surface area contributed by atoms with Crippen LogP contribution >= 0.6 is 11.6 Å². The Morgan fingerprint density at radius 2 is 1.90 bits per heavy atom. The molecule has 3 fully saturated rings. The van der Waals surface area contributed by atoms with Crippen LogP contribution in [0, 0.1) is 0 Å². The Morgan fingerprint density at radius 1 is 1.07 bits per heavy atom. The van der Waals surface area contributed by atoms with Crippen molar-refractivity contribution in [2.24, 2.45) is 0 Å². The number of fused-ring (bicyclic) bond motifs is 4. The average molecular weight is 429 g/mol. The maximum atomic E-state index is 6.30. The number of halogens is 1. The lowest BCUT2D eigenvalue weighted by molar-refractivity contribution is -0.158. The van der Waals surface area contributed by atoms with Gasteiger partial charge in [0.05, 0.1) is 25.6 Å². The van der Waals surface area contributed by atoms with E-state index in [1.54, 1.807) is 6.33 Å². The fourth-order valence-corrected chi connectivity index (χ4v) is 5.00. The Hall–Kier alpha value is -2.10. The number of benzene rings is 1. The zero-order valence-electron chi connectivity index (χ0n) is 16.6. The Morgan fingerprint density at radius 3 is 2.73 bits per heavy atom. The highest BCUT2D eigenvalue weighted by Gasteiger charge is 2.78. The second-order valence-electron chi connectivity index (χ2n) is 8.47. The zero-order chi connectivity index (χ0) is 20.5. The van der Waals surface area contributed by atoms with Crippen LogP contribution in [0.3, 0.4) is 0 Å². The molecule has 4 heterocycles. The maximum absolute atomic E-state index is 6.30. The van der Waals surface area contributed by atoms with E-state index in [1.165, 1.54) is 6.33 Å². The molecule has 0 radical (unpaired) electrons. The molecule has 0 unspecified atom stereocenters. The summed E-state index contributed by atoms with van der Waals surface area (Å²) in [6.45, 7) is 4.78. The molecular formula is C21H21ClN4O4. The van der Waals surface area contributed by atoms with E-state index in [2.05, 4.69) is 15.0 Å². The fourth-order valence-electron chi connectivity index (χ4n) is 4.83.